The highest BCUT2D eigenvalue weighted by Gasteiger charge is 2.07. The lowest BCUT2D eigenvalue weighted by Gasteiger charge is -2.15. The third-order valence-corrected chi connectivity index (χ3v) is 4.81. The van der Waals surface area contributed by atoms with Crippen LogP contribution in [0.15, 0.2) is 77.5 Å². The molecule has 7 heteroatoms. The molecule has 2 N–H and O–H groups in total. The fourth-order valence-corrected chi connectivity index (χ4v) is 3.27. The SMILES string of the molecule is CC(C)Oc1ccc(C=NN=C(N)SCc2ccccc2)cc1Cn1ccnc1. The van der Waals surface area contributed by atoms with Crippen molar-refractivity contribution in [3.05, 3.63) is 83.9 Å². The van der Waals surface area contributed by atoms with Gasteiger partial charge < -0.3 is 15.0 Å². The maximum atomic E-state index is 5.95. The van der Waals surface area contributed by atoms with E-state index in [1.807, 2.05) is 61.0 Å². The Kier molecular flexibility index (Phi) is 7.47. The second-order valence-electron chi connectivity index (χ2n) is 6.73. The monoisotopic (exact) mass is 407 g/mol. The molecule has 0 saturated carbocycles. The summed E-state index contributed by atoms with van der Waals surface area (Å²) in [5.74, 6) is 1.62. The molecule has 0 bridgehead atoms. The van der Waals surface area contributed by atoms with E-state index in [2.05, 4.69) is 27.3 Å². The molecular formula is C22H25N5OS. The minimum atomic E-state index is 0.0992. The maximum Gasteiger partial charge on any atom is 0.180 e. The summed E-state index contributed by atoms with van der Waals surface area (Å²) in [5, 5.41) is 8.66. The summed E-state index contributed by atoms with van der Waals surface area (Å²) in [5.41, 5.74) is 9.14. The zero-order chi connectivity index (χ0) is 20.5. The first-order valence-electron chi connectivity index (χ1n) is 9.38. The van der Waals surface area contributed by atoms with Gasteiger partial charge in [-0.25, -0.2) is 4.98 Å². The van der Waals surface area contributed by atoms with E-state index in [9.17, 15) is 0 Å². The fraction of sp³-hybridized carbons (Fsp3) is 0.227. The van der Waals surface area contributed by atoms with Crippen LogP contribution in [0.25, 0.3) is 0 Å². The van der Waals surface area contributed by atoms with Crippen LogP contribution in [0.4, 0.5) is 0 Å². The molecule has 0 atom stereocenters. The molecule has 6 nitrogen and oxygen atoms in total. The van der Waals surface area contributed by atoms with Crippen molar-refractivity contribution < 1.29 is 4.74 Å². The van der Waals surface area contributed by atoms with E-state index in [1.54, 1.807) is 18.7 Å². The molecule has 0 unspecified atom stereocenters. The van der Waals surface area contributed by atoms with Gasteiger partial charge in [-0.1, -0.05) is 42.1 Å². The molecule has 3 aromatic rings. The van der Waals surface area contributed by atoms with Gasteiger partial charge in [-0.2, -0.15) is 5.10 Å². The summed E-state index contributed by atoms with van der Waals surface area (Å²) in [4.78, 5) is 4.10. The first kappa shape index (κ1) is 20.7. The second-order valence-corrected chi connectivity index (χ2v) is 7.72. The van der Waals surface area contributed by atoms with Gasteiger partial charge in [0.25, 0.3) is 0 Å². The number of benzene rings is 2. The normalized spacial score (nSPS) is 12.0. The van der Waals surface area contributed by atoms with Crippen LogP contribution in [0.2, 0.25) is 0 Å². The number of ether oxygens (including phenoxy) is 1. The highest BCUT2D eigenvalue weighted by Crippen LogP contribution is 2.22. The van der Waals surface area contributed by atoms with Crippen molar-refractivity contribution >= 4 is 23.1 Å². The van der Waals surface area contributed by atoms with Crippen LogP contribution in [0.5, 0.6) is 5.75 Å². The maximum absolute atomic E-state index is 5.95. The average Bonchev–Trinajstić information content (AvgIpc) is 3.22. The van der Waals surface area contributed by atoms with Crippen molar-refractivity contribution in [1.29, 1.82) is 0 Å². The number of nitrogens with zero attached hydrogens (tertiary/aromatic N) is 4. The Morgan fingerprint density at radius 3 is 2.79 bits per heavy atom. The summed E-state index contributed by atoms with van der Waals surface area (Å²) in [6.45, 7) is 4.70. The largest absolute Gasteiger partial charge is 0.491 e. The van der Waals surface area contributed by atoms with Crippen molar-refractivity contribution in [2.75, 3.05) is 0 Å². The third kappa shape index (κ3) is 6.80. The number of hydrogen-bond donors (Lipinski definition) is 1. The van der Waals surface area contributed by atoms with Crippen LogP contribution in [-0.4, -0.2) is 27.0 Å². The summed E-state index contributed by atoms with van der Waals surface area (Å²) < 4.78 is 7.94. The molecule has 0 radical (unpaired) electrons. The molecule has 0 spiro atoms. The van der Waals surface area contributed by atoms with Crippen molar-refractivity contribution in [2.24, 2.45) is 15.9 Å². The van der Waals surface area contributed by atoms with Crippen molar-refractivity contribution in [3.8, 4) is 5.75 Å². The zero-order valence-electron chi connectivity index (χ0n) is 16.6. The number of nitrogens with two attached hydrogens (primary N) is 1. The molecule has 3 rings (SSSR count). The van der Waals surface area contributed by atoms with Gasteiger partial charge in [-0.3, -0.25) is 0 Å². The lowest BCUT2D eigenvalue weighted by atomic mass is 10.1. The first-order chi connectivity index (χ1) is 14.1. The molecule has 0 aliphatic rings. The number of aromatic nitrogens is 2. The molecule has 2 aromatic carbocycles. The summed E-state index contributed by atoms with van der Waals surface area (Å²) in [6, 6.07) is 16.1. The number of amidine groups is 1. The van der Waals surface area contributed by atoms with Crippen LogP contribution >= 0.6 is 11.8 Å². The Bertz CT molecular complexity index is 953. The van der Waals surface area contributed by atoms with Crippen molar-refractivity contribution in [3.63, 3.8) is 0 Å². The summed E-state index contributed by atoms with van der Waals surface area (Å²) in [7, 11) is 0. The smallest absolute Gasteiger partial charge is 0.180 e. The van der Waals surface area contributed by atoms with Gasteiger partial charge in [0, 0.05) is 23.7 Å². The number of hydrogen-bond acceptors (Lipinski definition) is 5. The van der Waals surface area contributed by atoms with Gasteiger partial charge in [0.05, 0.1) is 25.2 Å². The lowest BCUT2D eigenvalue weighted by Crippen LogP contribution is -2.09. The van der Waals surface area contributed by atoms with E-state index in [1.165, 1.54) is 17.3 Å². The van der Waals surface area contributed by atoms with Gasteiger partial charge >= 0.3 is 0 Å². The topological polar surface area (TPSA) is 77.8 Å². The molecule has 0 aliphatic carbocycles. The van der Waals surface area contributed by atoms with Crippen LogP contribution in [-0.2, 0) is 12.3 Å². The molecule has 0 aliphatic heterocycles. The molecule has 150 valence electrons. The Hall–Kier alpha value is -3.06. The molecular weight excluding hydrogens is 382 g/mol. The molecule has 1 aromatic heterocycles. The predicted molar refractivity (Wildman–Crippen MR) is 120 cm³/mol. The van der Waals surface area contributed by atoms with Gasteiger partial charge in [0.1, 0.15) is 5.75 Å². The number of imidazole rings is 1. The van der Waals surface area contributed by atoms with E-state index in [0.717, 1.165) is 22.6 Å². The van der Waals surface area contributed by atoms with E-state index in [0.29, 0.717) is 11.7 Å². The highest BCUT2D eigenvalue weighted by molar-refractivity contribution is 8.13. The Morgan fingerprint density at radius 2 is 2.07 bits per heavy atom. The van der Waals surface area contributed by atoms with Gasteiger partial charge in [0.15, 0.2) is 5.17 Å². The van der Waals surface area contributed by atoms with E-state index in [4.69, 9.17) is 10.5 Å². The summed E-state index contributed by atoms with van der Waals surface area (Å²) in [6.07, 6.45) is 7.27. The van der Waals surface area contributed by atoms with E-state index >= 15 is 0 Å². The first-order valence-corrected chi connectivity index (χ1v) is 10.4. The number of rotatable bonds is 8. The second kappa shape index (κ2) is 10.5. The summed E-state index contributed by atoms with van der Waals surface area (Å²) >= 11 is 1.46. The average molecular weight is 408 g/mol. The minimum Gasteiger partial charge on any atom is -0.491 e. The molecule has 1 heterocycles. The molecule has 0 saturated heterocycles. The number of thioether (sulfide) groups is 1. The Morgan fingerprint density at radius 1 is 1.24 bits per heavy atom. The standard InChI is InChI=1S/C22H25N5OS/c1-17(2)28-21-9-8-19(12-20(21)14-27-11-10-24-16-27)13-25-26-22(23)29-15-18-6-4-3-5-7-18/h3-13,16-17H,14-15H2,1-2H3,(H2,23,26). The molecule has 0 fully saturated rings. The third-order valence-electron chi connectivity index (χ3n) is 3.95. The van der Waals surface area contributed by atoms with Gasteiger partial charge in [-0.15, -0.1) is 5.10 Å². The van der Waals surface area contributed by atoms with E-state index in [-0.39, 0.29) is 6.10 Å². The Balaban J connectivity index is 1.67. The quantitative estimate of drug-likeness (QED) is 0.343. The van der Waals surface area contributed by atoms with E-state index < -0.39 is 0 Å². The van der Waals surface area contributed by atoms with Crippen molar-refractivity contribution in [2.45, 2.75) is 32.2 Å². The van der Waals surface area contributed by atoms with Crippen LogP contribution in [0, 0.1) is 0 Å². The fourth-order valence-electron chi connectivity index (χ4n) is 2.66. The zero-order valence-corrected chi connectivity index (χ0v) is 17.4. The lowest BCUT2D eigenvalue weighted by molar-refractivity contribution is 0.239. The van der Waals surface area contributed by atoms with Crippen LogP contribution < -0.4 is 10.5 Å². The predicted octanol–water partition coefficient (Wildman–Crippen LogP) is 4.30. The van der Waals surface area contributed by atoms with Crippen molar-refractivity contribution in [1.82, 2.24) is 9.55 Å². The van der Waals surface area contributed by atoms with Crippen LogP contribution in [0.1, 0.15) is 30.5 Å². The molecule has 0 amide bonds. The van der Waals surface area contributed by atoms with Gasteiger partial charge in [0.2, 0.25) is 0 Å². The minimum absolute atomic E-state index is 0.0992. The highest BCUT2D eigenvalue weighted by atomic mass is 32.2. The molecule has 29 heavy (non-hydrogen) atoms. The van der Waals surface area contributed by atoms with Gasteiger partial charge in [-0.05, 0) is 43.2 Å². The Labute approximate surface area is 175 Å². The van der Waals surface area contributed by atoms with Crippen LogP contribution in [0.3, 0.4) is 0 Å².